The van der Waals surface area contributed by atoms with E-state index in [0.29, 0.717) is 57.1 Å². The SMILES string of the molecule is COc1ccc(NC(=O)CSc2nc3cc(Cl)ccc3c(=O)n2CCCOC(C)C)cc1Cl. The Hall–Kier alpha value is -2.26. The van der Waals surface area contributed by atoms with E-state index in [1.54, 1.807) is 41.0 Å². The minimum absolute atomic E-state index is 0.0602. The normalized spacial score (nSPS) is 11.2. The molecule has 3 rings (SSSR count). The molecule has 0 fully saturated rings. The number of methoxy groups -OCH3 is 1. The topological polar surface area (TPSA) is 82.5 Å². The number of rotatable bonds is 10. The van der Waals surface area contributed by atoms with Crippen LogP contribution in [0.2, 0.25) is 10.0 Å². The van der Waals surface area contributed by atoms with Crippen LogP contribution in [-0.2, 0) is 16.1 Å². The molecule has 3 aromatic rings. The monoisotopic (exact) mass is 509 g/mol. The molecule has 33 heavy (non-hydrogen) atoms. The fourth-order valence-corrected chi connectivity index (χ4v) is 4.34. The molecule has 0 aliphatic carbocycles. The first-order chi connectivity index (χ1) is 15.8. The molecule has 0 atom stereocenters. The molecule has 1 amide bonds. The molecule has 1 aromatic heterocycles. The number of fused-ring (bicyclic) bond motifs is 1. The summed E-state index contributed by atoms with van der Waals surface area (Å²) in [5.74, 6) is 0.329. The number of carbonyl (C=O) groups excluding carboxylic acids is 1. The van der Waals surface area contributed by atoms with Gasteiger partial charge in [0.25, 0.3) is 5.56 Å². The summed E-state index contributed by atoms with van der Waals surface area (Å²) in [7, 11) is 1.52. The zero-order chi connectivity index (χ0) is 24.0. The molecule has 1 N–H and O–H groups in total. The lowest BCUT2D eigenvalue weighted by Crippen LogP contribution is -2.25. The van der Waals surface area contributed by atoms with Crippen molar-refractivity contribution in [1.29, 1.82) is 0 Å². The van der Waals surface area contributed by atoms with E-state index in [9.17, 15) is 9.59 Å². The van der Waals surface area contributed by atoms with Gasteiger partial charge in [-0.05, 0) is 56.7 Å². The summed E-state index contributed by atoms with van der Waals surface area (Å²) >= 11 is 13.4. The quantitative estimate of drug-likeness (QED) is 0.228. The Bertz CT molecular complexity index is 1200. The highest BCUT2D eigenvalue weighted by molar-refractivity contribution is 7.99. The average molecular weight is 510 g/mol. The number of hydrogen-bond donors (Lipinski definition) is 1. The molecule has 0 saturated carbocycles. The maximum atomic E-state index is 13.1. The Labute approximate surface area is 206 Å². The first kappa shape index (κ1) is 25.4. The minimum atomic E-state index is -0.253. The molecule has 0 spiro atoms. The van der Waals surface area contributed by atoms with Crippen LogP contribution in [0.5, 0.6) is 5.75 Å². The van der Waals surface area contributed by atoms with Crippen molar-refractivity contribution in [3.63, 3.8) is 0 Å². The van der Waals surface area contributed by atoms with E-state index in [0.717, 1.165) is 0 Å². The summed E-state index contributed by atoms with van der Waals surface area (Å²) in [6.45, 7) is 4.87. The van der Waals surface area contributed by atoms with Crippen molar-refractivity contribution in [1.82, 2.24) is 9.55 Å². The van der Waals surface area contributed by atoms with Crippen molar-refractivity contribution in [3.8, 4) is 5.75 Å². The van der Waals surface area contributed by atoms with Gasteiger partial charge in [-0.15, -0.1) is 0 Å². The van der Waals surface area contributed by atoms with Crippen molar-refractivity contribution in [2.45, 2.75) is 38.1 Å². The van der Waals surface area contributed by atoms with Crippen molar-refractivity contribution >= 4 is 57.5 Å². The lowest BCUT2D eigenvalue weighted by Gasteiger charge is -2.14. The van der Waals surface area contributed by atoms with Gasteiger partial charge in [0.15, 0.2) is 5.16 Å². The van der Waals surface area contributed by atoms with Gasteiger partial charge in [-0.25, -0.2) is 4.98 Å². The Morgan fingerprint density at radius 1 is 1.21 bits per heavy atom. The summed E-state index contributed by atoms with van der Waals surface area (Å²) in [6, 6.07) is 9.98. The fourth-order valence-electron chi connectivity index (χ4n) is 3.09. The minimum Gasteiger partial charge on any atom is -0.495 e. The standard InChI is InChI=1S/C23H25Cl2N3O4S/c1-14(2)32-10-4-9-28-22(30)17-7-5-15(24)11-19(17)27-23(28)33-13-21(29)26-16-6-8-20(31-3)18(25)12-16/h5-8,11-12,14H,4,9-10,13H2,1-3H3,(H,26,29). The molecule has 2 aromatic carbocycles. The van der Waals surface area contributed by atoms with Gasteiger partial charge in [0.2, 0.25) is 5.91 Å². The zero-order valence-corrected chi connectivity index (χ0v) is 20.9. The Kier molecular flexibility index (Phi) is 9.02. The molecular formula is C23H25Cl2N3O4S. The molecule has 1 heterocycles. The van der Waals surface area contributed by atoms with Crippen molar-refractivity contribution in [2.24, 2.45) is 0 Å². The van der Waals surface area contributed by atoms with Crippen LogP contribution in [0.4, 0.5) is 5.69 Å². The second kappa shape index (κ2) is 11.7. The van der Waals surface area contributed by atoms with E-state index in [1.165, 1.54) is 18.9 Å². The van der Waals surface area contributed by atoms with Crippen LogP contribution < -0.4 is 15.6 Å². The molecule has 10 heteroatoms. The van der Waals surface area contributed by atoms with E-state index in [-0.39, 0.29) is 23.3 Å². The molecule has 0 aliphatic heterocycles. The van der Waals surface area contributed by atoms with Crippen LogP contribution in [0.25, 0.3) is 10.9 Å². The number of carbonyl (C=O) groups is 1. The van der Waals surface area contributed by atoms with E-state index >= 15 is 0 Å². The number of aromatic nitrogens is 2. The zero-order valence-electron chi connectivity index (χ0n) is 18.6. The summed E-state index contributed by atoms with van der Waals surface area (Å²) in [5.41, 5.74) is 0.867. The maximum absolute atomic E-state index is 13.1. The molecule has 0 aliphatic rings. The number of nitrogens with one attached hydrogen (secondary N) is 1. The molecule has 0 bridgehead atoms. The number of halogens is 2. The molecule has 176 valence electrons. The fraction of sp³-hybridized carbons (Fsp3) is 0.348. The highest BCUT2D eigenvalue weighted by Gasteiger charge is 2.14. The third kappa shape index (κ3) is 6.86. The van der Waals surface area contributed by atoms with Crippen molar-refractivity contribution < 1.29 is 14.3 Å². The van der Waals surface area contributed by atoms with Gasteiger partial charge >= 0.3 is 0 Å². The van der Waals surface area contributed by atoms with Gasteiger partial charge in [0.05, 0.1) is 34.9 Å². The number of nitrogens with zero attached hydrogens (tertiary/aromatic N) is 2. The summed E-state index contributed by atoms with van der Waals surface area (Å²) in [5, 5.41) is 4.60. The van der Waals surface area contributed by atoms with Gasteiger partial charge in [-0.2, -0.15) is 0 Å². The van der Waals surface area contributed by atoms with Crippen LogP contribution in [-0.4, -0.2) is 41.0 Å². The first-order valence-electron chi connectivity index (χ1n) is 10.4. The molecular weight excluding hydrogens is 485 g/mol. The predicted molar refractivity (Wildman–Crippen MR) is 134 cm³/mol. The van der Waals surface area contributed by atoms with Gasteiger partial charge in [-0.3, -0.25) is 14.2 Å². The summed E-state index contributed by atoms with van der Waals surface area (Å²) < 4.78 is 12.3. The maximum Gasteiger partial charge on any atom is 0.262 e. The van der Waals surface area contributed by atoms with Crippen LogP contribution in [0.3, 0.4) is 0 Å². The molecule has 0 saturated heterocycles. The summed E-state index contributed by atoms with van der Waals surface area (Å²) in [4.78, 5) is 30.3. The third-order valence-electron chi connectivity index (χ3n) is 4.63. The highest BCUT2D eigenvalue weighted by atomic mass is 35.5. The highest BCUT2D eigenvalue weighted by Crippen LogP contribution is 2.27. The van der Waals surface area contributed by atoms with Gasteiger partial charge in [-0.1, -0.05) is 35.0 Å². The number of ether oxygens (including phenoxy) is 2. The molecule has 7 nitrogen and oxygen atoms in total. The molecule has 0 unspecified atom stereocenters. The van der Waals surface area contributed by atoms with E-state index < -0.39 is 0 Å². The Balaban J connectivity index is 1.78. The number of hydrogen-bond acceptors (Lipinski definition) is 6. The van der Waals surface area contributed by atoms with E-state index in [1.807, 2.05) is 13.8 Å². The van der Waals surface area contributed by atoms with Crippen molar-refractivity contribution in [3.05, 3.63) is 56.8 Å². The van der Waals surface area contributed by atoms with Gasteiger partial charge < -0.3 is 14.8 Å². The van der Waals surface area contributed by atoms with E-state index in [4.69, 9.17) is 32.7 Å². The second-order valence-corrected chi connectivity index (χ2v) is 9.26. The van der Waals surface area contributed by atoms with Crippen LogP contribution in [0.15, 0.2) is 46.3 Å². The van der Waals surface area contributed by atoms with Crippen LogP contribution >= 0.6 is 35.0 Å². The molecule has 0 radical (unpaired) electrons. The Morgan fingerprint density at radius 2 is 2.00 bits per heavy atom. The number of anilines is 1. The Morgan fingerprint density at radius 3 is 2.70 bits per heavy atom. The lowest BCUT2D eigenvalue weighted by molar-refractivity contribution is -0.113. The largest absolute Gasteiger partial charge is 0.495 e. The van der Waals surface area contributed by atoms with Gasteiger partial charge in [0, 0.05) is 23.9 Å². The van der Waals surface area contributed by atoms with E-state index in [2.05, 4.69) is 10.3 Å². The second-order valence-electron chi connectivity index (χ2n) is 7.47. The predicted octanol–water partition coefficient (Wildman–Crippen LogP) is 5.26. The van der Waals surface area contributed by atoms with Crippen molar-refractivity contribution in [2.75, 3.05) is 24.8 Å². The number of amides is 1. The average Bonchev–Trinajstić information content (AvgIpc) is 2.76. The number of benzene rings is 2. The first-order valence-corrected chi connectivity index (χ1v) is 12.1. The van der Waals surface area contributed by atoms with Crippen LogP contribution in [0.1, 0.15) is 20.3 Å². The van der Waals surface area contributed by atoms with Gasteiger partial charge in [0.1, 0.15) is 5.75 Å². The van der Waals surface area contributed by atoms with Crippen LogP contribution in [0, 0.1) is 0 Å². The summed E-state index contributed by atoms with van der Waals surface area (Å²) in [6.07, 6.45) is 0.755. The smallest absolute Gasteiger partial charge is 0.262 e. The third-order valence-corrected chi connectivity index (χ3v) is 6.13. The lowest BCUT2D eigenvalue weighted by atomic mass is 10.2. The number of thioether (sulfide) groups is 1.